The number of amides is 1. The Morgan fingerprint density at radius 1 is 1.33 bits per heavy atom. The standard InChI is InChI=1S/C15H26N4O5/c1-15(2,3)24-14(21)16-7-9-23-11-12-10-19(18-17-12)8-5-6-13(20)22-4/h10H,5-9,11H2,1-4H3,(H,16,21). The smallest absolute Gasteiger partial charge is 0.407 e. The van der Waals surface area contributed by atoms with Gasteiger partial charge in [0.25, 0.3) is 0 Å². The van der Waals surface area contributed by atoms with Gasteiger partial charge >= 0.3 is 12.1 Å². The van der Waals surface area contributed by atoms with Crippen molar-refractivity contribution in [2.75, 3.05) is 20.3 Å². The predicted molar refractivity (Wildman–Crippen MR) is 85.2 cm³/mol. The van der Waals surface area contributed by atoms with Crippen LogP contribution in [-0.4, -0.2) is 52.9 Å². The van der Waals surface area contributed by atoms with E-state index in [2.05, 4.69) is 20.4 Å². The summed E-state index contributed by atoms with van der Waals surface area (Å²) in [6.07, 6.45) is 2.27. The molecule has 1 rings (SSSR count). The number of esters is 1. The van der Waals surface area contributed by atoms with Gasteiger partial charge in [0.05, 0.1) is 26.5 Å². The largest absolute Gasteiger partial charge is 0.469 e. The van der Waals surface area contributed by atoms with Crippen LogP contribution >= 0.6 is 0 Å². The van der Waals surface area contributed by atoms with E-state index in [4.69, 9.17) is 9.47 Å². The molecule has 0 saturated carbocycles. The van der Waals surface area contributed by atoms with Gasteiger partial charge in [-0.1, -0.05) is 5.21 Å². The monoisotopic (exact) mass is 342 g/mol. The lowest BCUT2D eigenvalue weighted by Crippen LogP contribution is -2.34. The Morgan fingerprint density at radius 3 is 2.75 bits per heavy atom. The average Bonchev–Trinajstić information content (AvgIpc) is 2.92. The highest BCUT2D eigenvalue weighted by molar-refractivity contribution is 5.69. The summed E-state index contributed by atoms with van der Waals surface area (Å²) in [6.45, 7) is 6.98. The van der Waals surface area contributed by atoms with Crippen molar-refractivity contribution < 1.29 is 23.8 Å². The second kappa shape index (κ2) is 9.86. The number of nitrogens with one attached hydrogen (secondary N) is 1. The second-order valence-electron chi connectivity index (χ2n) is 6.13. The van der Waals surface area contributed by atoms with Crippen LogP contribution in [0.5, 0.6) is 0 Å². The lowest BCUT2D eigenvalue weighted by Gasteiger charge is -2.19. The van der Waals surface area contributed by atoms with Gasteiger partial charge in [0.15, 0.2) is 0 Å². The van der Waals surface area contributed by atoms with Gasteiger partial charge in [-0.05, 0) is 27.2 Å². The SMILES string of the molecule is COC(=O)CCCn1cc(COCCNC(=O)OC(C)(C)C)nn1. The van der Waals surface area contributed by atoms with Crippen molar-refractivity contribution in [3.8, 4) is 0 Å². The minimum Gasteiger partial charge on any atom is -0.469 e. The maximum atomic E-state index is 11.4. The Bertz CT molecular complexity index is 524. The number of aromatic nitrogens is 3. The molecular formula is C15H26N4O5. The fourth-order valence-electron chi connectivity index (χ4n) is 1.72. The third kappa shape index (κ3) is 9.09. The molecule has 0 aliphatic heterocycles. The minimum atomic E-state index is -0.517. The Kier molecular flexibility index (Phi) is 8.17. The van der Waals surface area contributed by atoms with E-state index in [0.29, 0.717) is 44.8 Å². The summed E-state index contributed by atoms with van der Waals surface area (Å²) in [5, 5.41) is 10.5. The van der Waals surface area contributed by atoms with Crippen molar-refractivity contribution in [3.05, 3.63) is 11.9 Å². The van der Waals surface area contributed by atoms with Gasteiger partial charge in [0.2, 0.25) is 0 Å². The zero-order valence-corrected chi connectivity index (χ0v) is 14.7. The van der Waals surface area contributed by atoms with E-state index in [9.17, 15) is 9.59 Å². The molecule has 1 aromatic rings. The summed E-state index contributed by atoms with van der Waals surface area (Å²) in [5.41, 5.74) is 0.169. The van der Waals surface area contributed by atoms with Crippen molar-refractivity contribution in [2.45, 2.75) is 52.4 Å². The van der Waals surface area contributed by atoms with Crippen molar-refractivity contribution in [1.82, 2.24) is 20.3 Å². The van der Waals surface area contributed by atoms with Crippen LogP contribution in [0.1, 0.15) is 39.3 Å². The minimum absolute atomic E-state index is 0.240. The summed E-state index contributed by atoms with van der Waals surface area (Å²) in [4.78, 5) is 22.4. The molecule has 0 spiro atoms. The summed E-state index contributed by atoms with van der Waals surface area (Å²) >= 11 is 0. The van der Waals surface area contributed by atoms with E-state index < -0.39 is 11.7 Å². The van der Waals surface area contributed by atoms with E-state index in [1.807, 2.05) is 0 Å². The number of hydrogen-bond acceptors (Lipinski definition) is 7. The number of ether oxygens (including phenoxy) is 3. The van der Waals surface area contributed by atoms with Gasteiger partial charge in [0, 0.05) is 19.5 Å². The van der Waals surface area contributed by atoms with Gasteiger partial charge in [-0.15, -0.1) is 5.10 Å². The van der Waals surface area contributed by atoms with E-state index >= 15 is 0 Å². The zero-order valence-electron chi connectivity index (χ0n) is 14.7. The van der Waals surface area contributed by atoms with E-state index in [0.717, 1.165) is 0 Å². The van der Waals surface area contributed by atoms with Crippen LogP contribution in [0.4, 0.5) is 4.79 Å². The molecule has 9 nitrogen and oxygen atoms in total. The van der Waals surface area contributed by atoms with Gasteiger partial charge in [-0.3, -0.25) is 9.48 Å². The first-order valence-electron chi connectivity index (χ1n) is 7.80. The second-order valence-corrected chi connectivity index (χ2v) is 6.13. The maximum absolute atomic E-state index is 11.4. The first-order chi connectivity index (χ1) is 11.3. The van der Waals surface area contributed by atoms with Crippen LogP contribution in [0.25, 0.3) is 0 Å². The molecule has 24 heavy (non-hydrogen) atoms. The molecule has 136 valence electrons. The molecule has 1 amide bonds. The molecule has 0 atom stereocenters. The van der Waals surface area contributed by atoms with Gasteiger partial charge in [-0.25, -0.2) is 4.79 Å². The van der Waals surface area contributed by atoms with Crippen LogP contribution in [0.2, 0.25) is 0 Å². The van der Waals surface area contributed by atoms with Crippen molar-refractivity contribution >= 4 is 12.1 Å². The topological polar surface area (TPSA) is 105 Å². The fourth-order valence-corrected chi connectivity index (χ4v) is 1.72. The lowest BCUT2D eigenvalue weighted by molar-refractivity contribution is -0.140. The van der Waals surface area contributed by atoms with Crippen molar-refractivity contribution in [2.24, 2.45) is 0 Å². The third-order valence-electron chi connectivity index (χ3n) is 2.75. The van der Waals surface area contributed by atoms with Crippen LogP contribution in [0.15, 0.2) is 6.20 Å². The molecule has 1 heterocycles. The number of aryl methyl sites for hydroxylation is 1. The first-order valence-corrected chi connectivity index (χ1v) is 7.80. The molecule has 1 N–H and O–H groups in total. The van der Waals surface area contributed by atoms with Crippen molar-refractivity contribution in [1.29, 1.82) is 0 Å². The Balaban J connectivity index is 2.13. The van der Waals surface area contributed by atoms with E-state index in [1.54, 1.807) is 31.6 Å². The Hall–Kier alpha value is -2.16. The molecule has 0 aromatic carbocycles. The number of hydrogen-bond donors (Lipinski definition) is 1. The van der Waals surface area contributed by atoms with E-state index in [-0.39, 0.29) is 5.97 Å². The Labute approximate surface area is 141 Å². The highest BCUT2D eigenvalue weighted by Crippen LogP contribution is 2.06. The average molecular weight is 342 g/mol. The highest BCUT2D eigenvalue weighted by atomic mass is 16.6. The number of nitrogens with zero attached hydrogens (tertiary/aromatic N) is 3. The summed E-state index contributed by atoms with van der Waals surface area (Å²) in [6, 6.07) is 0. The van der Waals surface area contributed by atoms with Gasteiger partial charge in [-0.2, -0.15) is 0 Å². The first kappa shape index (κ1) is 19.9. The third-order valence-corrected chi connectivity index (χ3v) is 2.75. The van der Waals surface area contributed by atoms with Crippen LogP contribution in [0, 0.1) is 0 Å². The van der Waals surface area contributed by atoms with Gasteiger partial charge in [0.1, 0.15) is 11.3 Å². The molecule has 0 aliphatic carbocycles. The summed E-state index contributed by atoms with van der Waals surface area (Å²) in [7, 11) is 1.37. The number of alkyl carbamates (subject to hydrolysis) is 1. The predicted octanol–water partition coefficient (Wildman–Crippen LogP) is 1.27. The summed E-state index contributed by atoms with van der Waals surface area (Å²) in [5.74, 6) is -0.240. The molecule has 9 heteroatoms. The molecule has 0 bridgehead atoms. The van der Waals surface area contributed by atoms with Gasteiger partial charge < -0.3 is 19.5 Å². The number of methoxy groups -OCH3 is 1. The van der Waals surface area contributed by atoms with Crippen molar-refractivity contribution in [3.63, 3.8) is 0 Å². The summed E-state index contributed by atoms with van der Waals surface area (Å²) < 4.78 is 16.7. The molecule has 0 fully saturated rings. The Morgan fingerprint density at radius 2 is 2.08 bits per heavy atom. The van der Waals surface area contributed by atoms with Crippen LogP contribution in [0.3, 0.4) is 0 Å². The molecule has 0 unspecified atom stereocenters. The normalized spacial score (nSPS) is 11.2. The lowest BCUT2D eigenvalue weighted by atomic mass is 10.2. The molecular weight excluding hydrogens is 316 g/mol. The number of carbonyl (C=O) groups is 2. The van der Waals surface area contributed by atoms with Crippen LogP contribution in [-0.2, 0) is 32.2 Å². The molecule has 0 aliphatic rings. The highest BCUT2D eigenvalue weighted by Gasteiger charge is 2.15. The molecule has 0 radical (unpaired) electrons. The maximum Gasteiger partial charge on any atom is 0.407 e. The fraction of sp³-hybridized carbons (Fsp3) is 0.733. The zero-order chi connectivity index (χ0) is 18.0. The molecule has 0 saturated heterocycles. The molecule has 1 aromatic heterocycles. The number of rotatable bonds is 9. The van der Waals surface area contributed by atoms with E-state index in [1.165, 1.54) is 7.11 Å². The quantitative estimate of drug-likeness (QED) is 0.532. The van der Waals surface area contributed by atoms with Crippen LogP contribution < -0.4 is 5.32 Å². The number of carbonyl (C=O) groups excluding carboxylic acids is 2.